The zero-order chi connectivity index (χ0) is 15.2. The average molecular weight is 290 g/mol. The molecule has 6 nitrogen and oxygen atoms in total. The van der Waals surface area contributed by atoms with Crippen LogP contribution in [0.4, 0.5) is 16.2 Å². The molecule has 1 aliphatic heterocycles. The molecule has 0 aliphatic carbocycles. The van der Waals surface area contributed by atoms with E-state index in [1.54, 1.807) is 29.2 Å². The fraction of sp³-hybridized carbons (Fsp3) is 0.467. The molecule has 21 heavy (non-hydrogen) atoms. The number of urea groups is 1. The zero-order valence-electron chi connectivity index (χ0n) is 12.3. The van der Waals surface area contributed by atoms with E-state index in [1.807, 2.05) is 0 Å². The van der Waals surface area contributed by atoms with Crippen LogP contribution in [0.25, 0.3) is 0 Å². The first-order valence-corrected chi connectivity index (χ1v) is 7.20. The summed E-state index contributed by atoms with van der Waals surface area (Å²) in [5.41, 5.74) is 7.03. The quantitative estimate of drug-likeness (QED) is 0.740. The molecule has 0 bridgehead atoms. The number of rotatable bonds is 3. The number of likely N-dealkylation sites (tertiary alicyclic amines) is 1. The van der Waals surface area contributed by atoms with Gasteiger partial charge in [-0.2, -0.15) is 0 Å². The molecule has 1 saturated heterocycles. The highest BCUT2D eigenvalue weighted by molar-refractivity contribution is 5.89. The van der Waals surface area contributed by atoms with E-state index in [-0.39, 0.29) is 11.9 Å². The Bertz CT molecular complexity index is 493. The SMILES string of the molecule is CC(=O)NCC1CCN(C(=O)Nc2ccc(N)cc2)CC1. The van der Waals surface area contributed by atoms with Crippen LogP contribution in [0.1, 0.15) is 19.8 Å². The molecule has 1 heterocycles. The lowest BCUT2D eigenvalue weighted by Gasteiger charge is -2.32. The van der Waals surface area contributed by atoms with Crippen molar-refractivity contribution < 1.29 is 9.59 Å². The largest absolute Gasteiger partial charge is 0.399 e. The molecule has 6 heteroatoms. The number of nitrogens with two attached hydrogens (primary N) is 1. The molecule has 0 unspecified atom stereocenters. The standard InChI is InChI=1S/C15H22N4O2/c1-11(20)17-10-12-6-8-19(9-7-12)15(21)18-14-4-2-13(16)3-5-14/h2-5,12H,6-10,16H2,1H3,(H,17,20)(H,18,21). The molecular weight excluding hydrogens is 268 g/mol. The second-order valence-corrected chi connectivity index (χ2v) is 5.42. The number of anilines is 2. The van der Waals surface area contributed by atoms with Crippen LogP contribution in [0.5, 0.6) is 0 Å². The number of carbonyl (C=O) groups excluding carboxylic acids is 2. The Morgan fingerprint density at radius 2 is 1.86 bits per heavy atom. The highest BCUT2D eigenvalue weighted by Crippen LogP contribution is 2.18. The van der Waals surface area contributed by atoms with Gasteiger partial charge < -0.3 is 21.3 Å². The molecule has 3 amide bonds. The number of carbonyl (C=O) groups is 2. The number of hydrogen-bond donors (Lipinski definition) is 3. The van der Waals surface area contributed by atoms with Gasteiger partial charge in [0.2, 0.25) is 5.91 Å². The van der Waals surface area contributed by atoms with Gasteiger partial charge in [0, 0.05) is 37.9 Å². The van der Waals surface area contributed by atoms with E-state index < -0.39 is 0 Å². The fourth-order valence-electron chi connectivity index (χ4n) is 2.40. The molecule has 0 spiro atoms. The Morgan fingerprint density at radius 3 is 2.43 bits per heavy atom. The number of piperidine rings is 1. The summed E-state index contributed by atoms with van der Waals surface area (Å²) >= 11 is 0. The average Bonchev–Trinajstić information content (AvgIpc) is 2.48. The van der Waals surface area contributed by atoms with Crippen LogP contribution in [0.3, 0.4) is 0 Å². The van der Waals surface area contributed by atoms with Crippen molar-refractivity contribution in [2.24, 2.45) is 5.92 Å². The van der Waals surface area contributed by atoms with Crippen LogP contribution in [-0.4, -0.2) is 36.5 Å². The fourth-order valence-corrected chi connectivity index (χ4v) is 2.40. The lowest BCUT2D eigenvalue weighted by atomic mass is 9.97. The molecule has 1 aromatic rings. The predicted molar refractivity (Wildman–Crippen MR) is 82.9 cm³/mol. The topological polar surface area (TPSA) is 87.5 Å². The van der Waals surface area contributed by atoms with Crippen molar-refractivity contribution in [1.82, 2.24) is 10.2 Å². The molecular formula is C15H22N4O2. The second-order valence-electron chi connectivity index (χ2n) is 5.42. The molecule has 2 rings (SSSR count). The highest BCUT2D eigenvalue weighted by atomic mass is 16.2. The van der Waals surface area contributed by atoms with E-state index in [4.69, 9.17) is 5.73 Å². The van der Waals surface area contributed by atoms with Gasteiger partial charge in [-0.25, -0.2) is 4.79 Å². The normalized spacial score (nSPS) is 15.6. The number of nitrogens with zero attached hydrogens (tertiary/aromatic N) is 1. The summed E-state index contributed by atoms with van der Waals surface area (Å²) < 4.78 is 0. The summed E-state index contributed by atoms with van der Waals surface area (Å²) in [4.78, 5) is 24.8. The lowest BCUT2D eigenvalue weighted by Crippen LogP contribution is -2.43. The number of amides is 3. The second kappa shape index (κ2) is 6.97. The van der Waals surface area contributed by atoms with Crippen molar-refractivity contribution in [2.45, 2.75) is 19.8 Å². The summed E-state index contributed by atoms with van der Waals surface area (Å²) in [6, 6.07) is 7.01. The van der Waals surface area contributed by atoms with Crippen molar-refractivity contribution in [3.8, 4) is 0 Å². The Hall–Kier alpha value is -2.24. The maximum Gasteiger partial charge on any atom is 0.321 e. The van der Waals surface area contributed by atoms with Crippen LogP contribution in [0, 0.1) is 5.92 Å². The van der Waals surface area contributed by atoms with Gasteiger partial charge in [0.1, 0.15) is 0 Å². The van der Waals surface area contributed by atoms with Crippen molar-refractivity contribution in [3.05, 3.63) is 24.3 Å². The molecule has 0 radical (unpaired) electrons. The Kier molecular flexibility index (Phi) is 5.03. The van der Waals surface area contributed by atoms with Crippen LogP contribution in [0.15, 0.2) is 24.3 Å². The van der Waals surface area contributed by atoms with E-state index in [0.717, 1.165) is 18.5 Å². The number of hydrogen-bond acceptors (Lipinski definition) is 3. The summed E-state index contributed by atoms with van der Waals surface area (Å²) in [7, 11) is 0. The maximum atomic E-state index is 12.1. The minimum absolute atomic E-state index is 0.00137. The first-order chi connectivity index (χ1) is 10.0. The van der Waals surface area contributed by atoms with E-state index in [0.29, 0.717) is 31.2 Å². The highest BCUT2D eigenvalue weighted by Gasteiger charge is 2.22. The maximum absolute atomic E-state index is 12.1. The summed E-state index contributed by atoms with van der Waals surface area (Å²) in [6.07, 6.45) is 1.82. The Balaban J connectivity index is 1.77. The van der Waals surface area contributed by atoms with Crippen LogP contribution in [0.2, 0.25) is 0 Å². The van der Waals surface area contributed by atoms with E-state index in [9.17, 15) is 9.59 Å². The van der Waals surface area contributed by atoms with Crippen LogP contribution >= 0.6 is 0 Å². The minimum Gasteiger partial charge on any atom is -0.399 e. The Morgan fingerprint density at radius 1 is 1.24 bits per heavy atom. The molecule has 0 aromatic heterocycles. The van der Waals surface area contributed by atoms with Gasteiger partial charge in [-0.05, 0) is 43.0 Å². The minimum atomic E-state index is -0.0854. The van der Waals surface area contributed by atoms with Crippen molar-refractivity contribution in [3.63, 3.8) is 0 Å². The summed E-state index contributed by atoms with van der Waals surface area (Å²) in [5, 5.41) is 5.70. The van der Waals surface area contributed by atoms with E-state index in [2.05, 4.69) is 10.6 Å². The molecule has 1 aromatic carbocycles. The molecule has 4 N–H and O–H groups in total. The zero-order valence-corrected chi connectivity index (χ0v) is 12.3. The van der Waals surface area contributed by atoms with Gasteiger partial charge in [0.05, 0.1) is 0 Å². The number of benzene rings is 1. The third-order valence-corrected chi connectivity index (χ3v) is 3.70. The Labute approximate surface area is 124 Å². The lowest BCUT2D eigenvalue weighted by molar-refractivity contribution is -0.119. The predicted octanol–water partition coefficient (Wildman–Crippen LogP) is 1.65. The smallest absolute Gasteiger partial charge is 0.321 e. The van der Waals surface area contributed by atoms with Gasteiger partial charge in [-0.15, -0.1) is 0 Å². The number of nitrogens with one attached hydrogen (secondary N) is 2. The van der Waals surface area contributed by atoms with Gasteiger partial charge in [-0.1, -0.05) is 0 Å². The first kappa shape index (κ1) is 15.2. The van der Waals surface area contributed by atoms with Gasteiger partial charge >= 0.3 is 6.03 Å². The molecule has 1 aliphatic rings. The summed E-state index contributed by atoms with van der Waals surface area (Å²) in [6.45, 7) is 3.65. The van der Waals surface area contributed by atoms with Crippen molar-refractivity contribution in [1.29, 1.82) is 0 Å². The molecule has 0 atom stereocenters. The van der Waals surface area contributed by atoms with Crippen LogP contribution in [-0.2, 0) is 4.79 Å². The molecule has 1 fully saturated rings. The van der Waals surface area contributed by atoms with Gasteiger partial charge in [0.25, 0.3) is 0 Å². The van der Waals surface area contributed by atoms with Crippen molar-refractivity contribution in [2.75, 3.05) is 30.7 Å². The third kappa shape index (κ3) is 4.66. The van der Waals surface area contributed by atoms with E-state index in [1.165, 1.54) is 6.92 Å². The first-order valence-electron chi connectivity index (χ1n) is 7.20. The molecule has 0 saturated carbocycles. The van der Waals surface area contributed by atoms with Crippen LogP contribution < -0.4 is 16.4 Å². The van der Waals surface area contributed by atoms with Gasteiger partial charge in [0.15, 0.2) is 0 Å². The van der Waals surface area contributed by atoms with E-state index >= 15 is 0 Å². The van der Waals surface area contributed by atoms with Gasteiger partial charge in [-0.3, -0.25) is 4.79 Å². The molecule has 114 valence electrons. The third-order valence-electron chi connectivity index (χ3n) is 3.70. The number of nitrogen functional groups attached to an aromatic ring is 1. The monoisotopic (exact) mass is 290 g/mol. The van der Waals surface area contributed by atoms with Crippen molar-refractivity contribution >= 4 is 23.3 Å². The summed E-state index contributed by atoms with van der Waals surface area (Å²) in [5.74, 6) is 0.452.